The lowest BCUT2D eigenvalue weighted by Crippen LogP contribution is -2.19. The van der Waals surface area contributed by atoms with E-state index in [1.807, 2.05) is 31.2 Å². The predicted molar refractivity (Wildman–Crippen MR) is 63.6 cm³/mol. The maximum atomic E-state index is 11.9. The summed E-state index contributed by atoms with van der Waals surface area (Å²) in [6, 6.07) is 7.48. The number of aryl methyl sites for hydroxylation is 1. The SMILES string of the molecule is COC(=O)C(C)CS(=O)c1ccc(C)cc1. The second-order valence-electron chi connectivity index (χ2n) is 3.75. The van der Waals surface area contributed by atoms with E-state index in [1.54, 1.807) is 6.92 Å². The Kier molecular flexibility index (Phi) is 4.68. The molecular formula is C12H16O3S. The van der Waals surface area contributed by atoms with Gasteiger partial charge in [-0.3, -0.25) is 9.00 Å². The Morgan fingerprint density at radius 1 is 1.38 bits per heavy atom. The van der Waals surface area contributed by atoms with E-state index in [2.05, 4.69) is 4.74 Å². The zero-order chi connectivity index (χ0) is 12.1. The molecule has 0 radical (unpaired) electrons. The largest absolute Gasteiger partial charge is 0.469 e. The van der Waals surface area contributed by atoms with Crippen LogP contribution in [0.2, 0.25) is 0 Å². The van der Waals surface area contributed by atoms with Gasteiger partial charge in [0.05, 0.1) is 23.8 Å². The van der Waals surface area contributed by atoms with E-state index in [4.69, 9.17) is 0 Å². The molecule has 1 aromatic carbocycles. The zero-order valence-corrected chi connectivity index (χ0v) is 10.5. The molecule has 1 rings (SSSR count). The minimum absolute atomic E-state index is 0.301. The number of hydrogen-bond acceptors (Lipinski definition) is 3. The van der Waals surface area contributed by atoms with Crippen molar-refractivity contribution in [3.8, 4) is 0 Å². The normalized spacial score (nSPS) is 14.2. The highest BCUT2D eigenvalue weighted by atomic mass is 32.2. The van der Waals surface area contributed by atoms with Gasteiger partial charge in [0.25, 0.3) is 0 Å². The van der Waals surface area contributed by atoms with Crippen molar-refractivity contribution in [3.63, 3.8) is 0 Å². The Balaban J connectivity index is 2.65. The quantitative estimate of drug-likeness (QED) is 0.755. The summed E-state index contributed by atoms with van der Waals surface area (Å²) in [5, 5.41) is 0. The fourth-order valence-electron chi connectivity index (χ4n) is 1.28. The fourth-order valence-corrected chi connectivity index (χ4v) is 2.50. The first-order valence-electron chi connectivity index (χ1n) is 5.07. The summed E-state index contributed by atoms with van der Waals surface area (Å²) in [5.41, 5.74) is 1.13. The smallest absolute Gasteiger partial charge is 0.309 e. The van der Waals surface area contributed by atoms with E-state index < -0.39 is 10.8 Å². The summed E-state index contributed by atoms with van der Waals surface area (Å²) in [6.07, 6.45) is 0. The van der Waals surface area contributed by atoms with Gasteiger partial charge in [-0.25, -0.2) is 0 Å². The number of hydrogen-bond donors (Lipinski definition) is 0. The van der Waals surface area contributed by atoms with Gasteiger partial charge in [0, 0.05) is 10.6 Å². The lowest BCUT2D eigenvalue weighted by atomic mass is 10.2. The Hall–Kier alpha value is -1.16. The van der Waals surface area contributed by atoms with Crippen LogP contribution in [0.1, 0.15) is 12.5 Å². The van der Waals surface area contributed by atoms with Crippen LogP contribution in [0.5, 0.6) is 0 Å². The minimum atomic E-state index is -1.14. The lowest BCUT2D eigenvalue weighted by Gasteiger charge is -2.08. The van der Waals surface area contributed by atoms with Crippen molar-refractivity contribution in [1.82, 2.24) is 0 Å². The summed E-state index contributed by atoms with van der Waals surface area (Å²) >= 11 is 0. The molecule has 1 aromatic rings. The third-order valence-electron chi connectivity index (χ3n) is 2.29. The number of carbonyl (C=O) groups excluding carboxylic acids is 1. The Morgan fingerprint density at radius 3 is 2.44 bits per heavy atom. The van der Waals surface area contributed by atoms with Crippen LogP contribution in [0.3, 0.4) is 0 Å². The summed E-state index contributed by atoms with van der Waals surface area (Å²) in [7, 11) is 0.196. The fraction of sp³-hybridized carbons (Fsp3) is 0.417. The number of benzene rings is 1. The van der Waals surface area contributed by atoms with Gasteiger partial charge in [-0.1, -0.05) is 24.6 Å². The highest BCUT2D eigenvalue weighted by Crippen LogP contribution is 2.11. The van der Waals surface area contributed by atoms with Crippen LogP contribution in [0.4, 0.5) is 0 Å². The van der Waals surface area contributed by atoms with E-state index in [-0.39, 0.29) is 11.9 Å². The molecule has 0 aliphatic carbocycles. The van der Waals surface area contributed by atoms with Gasteiger partial charge in [0.15, 0.2) is 0 Å². The van der Waals surface area contributed by atoms with Crippen LogP contribution in [-0.2, 0) is 20.3 Å². The monoisotopic (exact) mass is 240 g/mol. The second kappa shape index (κ2) is 5.80. The van der Waals surface area contributed by atoms with E-state index in [9.17, 15) is 9.00 Å². The maximum Gasteiger partial charge on any atom is 0.309 e. The Morgan fingerprint density at radius 2 is 1.94 bits per heavy atom. The van der Waals surface area contributed by atoms with Crippen molar-refractivity contribution in [2.75, 3.05) is 12.9 Å². The van der Waals surface area contributed by atoms with Gasteiger partial charge < -0.3 is 4.74 Å². The van der Waals surface area contributed by atoms with Crippen LogP contribution < -0.4 is 0 Å². The molecule has 3 nitrogen and oxygen atoms in total. The standard InChI is InChI=1S/C12H16O3S/c1-9-4-6-11(7-5-9)16(14)8-10(2)12(13)15-3/h4-7,10H,8H2,1-3H3. The molecule has 0 aromatic heterocycles. The van der Waals surface area contributed by atoms with Gasteiger partial charge in [-0.2, -0.15) is 0 Å². The highest BCUT2D eigenvalue weighted by molar-refractivity contribution is 7.85. The van der Waals surface area contributed by atoms with Crippen molar-refractivity contribution < 1.29 is 13.7 Å². The number of carbonyl (C=O) groups is 1. The van der Waals surface area contributed by atoms with Crippen molar-refractivity contribution in [2.24, 2.45) is 5.92 Å². The first-order valence-corrected chi connectivity index (χ1v) is 6.39. The van der Waals surface area contributed by atoms with Crippen LogP contribution in [0, 0.1) is 12.8 Å². The third kappa shape index (κ3) is 3.45. The van der Waals surface area contributed by atoms with Gasteiger partial charge in [0.2, 0.25) is 0 Å². The molecule has 2 atom stereocenters. The van der Waals surface area contributed by atoms with Gasteiger partial charge in [-0.15, -0.1) is 0 Å². The van der Waals surface area contributed by atoms with Gasteiger partial charge >= 0.3 is 5.97 Å². The van der Waals surface area contributed by atoms with Crippen molar-refractivity contribution in [2.45, 2.75) is 18.7 Å². The van der Waals surface area contributed by atoms with Gasteiger partial charge in [0.1, 0.15) is 0 Å². The van der Waals surface area contributed by atoms with Crippen molar-refractivity contribution >= 4 is 16.8 Å². The molecule has 0 amide bonds. The lowest BCUT2D eigenvalue weighted by molar-refractivity contribution is -0.144. The first kappa shape index (κ1) is 12.9. The zero-order valence-electron chi connectivity index (χ0n) is 9.73. The molecule has 16 heavy (non-hydrogen) atoms. The number of methoxy groups -OCH3 is 1. The third-order valence-corrected chi connectivity index (χ3v) is 3.89. The summed E-state index contributed by atoms with van der Waals surface area (Å²) < 4.78 is 16.5. The van der Waals surface area contributed by atoms with Crippen LogP contribution in [0.15, 0.2) is 29.2 Å². The van der Waals surface area contributed by atoms with Crippen molar-refractivity contribution in [1.29, 1.82) is 0 Å². The molecule has 0 aliphatic rings. The highest BCUT2D eigenvalue weighted by Gasteiger charge is 2.17. The first-order chi connectivity index (χ1) is 7.54. The van der Waals surface area contributed by atoms with Gasteiger partial charge in [-0.05, 0) is 19.1 Å². The summed E-state index contributed by atoms with van der Waals surface area (Å²) in [5.74, 6) is -0.358. The molecule has 0 aliphatic heterocycles. The molecule has 2 unspecified atom stereocenters. The number of ether oxygens (including phenoxy) is 1. The molecule has 88 valence electrons. The molecular weight excluding hydrogens is 224 g/mol. The second-order valence-corrected chi connectivity index (χ2v) is 5.25. The molecule has 0 heterocycles. The molecule has 0 N–H and O–H groups in total. The van der Waals surface area contributed by atoms with E-state index >= 15 is 0 Å². The molecule has 0 spiro atoms. The molecule has 0 saturated heterocycles. The minimum Gasteiger partial charge on any atom is -0.469 e. The summed E-state index contributed by atoms with van der Waals surface area (Å²) in [4.78, 5) is 11.9. The molecule has 0 saturated carbocycles. The average Bonchev–Trinajstić information content (AvgIpc) is 2.28. The predicted octanol–water partition coefficient (Wildman–Crippen LogP) is 1.91. The topological polar surface area (TPSA) is 43.4 Å². The van der Waals surface area contributed by atoms with Crippen molar-refractivity contribution in [3.05, 3.63) is 29.8 Å². The molecule has 0 fully saturated rings. The van der Waals surface area contributed by atoms with Crippen LogP contribution >= 0.6 is 0 Å². The van der Waals surface area contributed by atoms with E-state index in [0.717, 1.165) is 10.5 Å². The average molecular weight is 240 g/mol. The Labute approximate surface area is 98.3 Å². The maximum absolute atomic E-state index is 11.9. The van der Waals surface area contributed by atoms with Crippen LogP contribution in [-0.4, -0.2) is 23.0 Å². The van der Waals surface area contributed by atoms with E-state index in [1.165, 1.54) is 7.11 Å². The summed E-state index contributed by atoms with van der Waals surface area (Å²) in [6.45, 7) is 3.70. The Bertz CT molecular complexity index is 384. The van der Waals surface area contributed by atoms with E-state index in [0.29, 0.717) is 5.75 Å². The number of rotatable bonds is 4. The molecule has 0 bridgehead atoms. The van der Waals surface area contributed by atoms with Crippen LogP contribution in [0.25, 0.3) is 0 Å². The molecule has 4 heteroatoms. The number of esters is 1.